The first-order valence-electron chi connectivity index (χ1n) is 14.8. The van der Waals surface area contributed by atoms with Crippen LogP contribution in [0.25, 0.3) is 0 Å². The molecule has 0 aromatic heterocycles. The van der Waals surface area contributed by atoms with Crippen molar-refractivity contribution in [2.75, 3.05) is 26.3 Å². The molecular formula is C32H44N2O6. The number of hydrogen-bond acceptors (Lipinski definition) is 6. The lowest BCUT2D eigenvalue weighted by atomic mass is 9.70. The Kier molecular flexibility index (Phi) is 10.6. The fourth-order valence-corrected chi connectivity index (χ4v) is 6.71. The van der Waals surface area contributed by atoms with Crippen LogP contribution in [0.15, 0.2) is 55.6 Å². The van der Waals surface area contributed by atoms with Crippen LogP contribution in [0.4, 0.5) is 0 Å². The summed E-state index contributed by atoms with van der Waals surface area (Å²) in [6.07, 6.45) is 9.88. The molecule has 40 heavy (non-hydrogen) atoms. The van der Waals surface area contributed by atoms with Crippen molar-refractivity contribution in [1.29, 1.82) is 0 Å². The molecule has 0 aliphatic carbocycles. The van der Waals surface area contributed by atoms with Crippen molar-refractivity contribution < 1.29 is 29.0 Å². The molecule has 1 spiro atoms. The lowest BCUT2D eigenvalue weighted by molar-refractivity contribution is -0.155. The Balaban J connectivity index is 1.58. The zero-order valence-corrected chi connectivity index (χ0v) is 23.5. The number of likely N-dealkylation sites (tertiary alicyclic amines) is 1. The minimum atomic E-state index is -1.04. The van der Waals surface area contributed by atoms with Gasteiger partial charge in [0.2, 0.25) is 11.8 Å². The Hall–Kier alpha value is -2.97. The maximum absolute atomic E-state index is 14.4. The molecule has 3 fully saturated rings. The van der Waals surface area contributed by atoms with Gasteiger partial charge >= 0.3 is 5.97 Å². The molecule has 2 amide bonds. The molecule has 218 valence electrons. The van der Waals surface area contributed by atoms with Crippen molar-refractivity contribution in [2.24, 2.45) is 11.8 Å². The van der Waals surface area contributed by atoms with Crippen LogP contribution in [-0.4, -0.2) is 76.7 Å². The van der Waals surface area contributed by atoms with Crippen molar-refractivity contribution in [2.45, 2.75) is 82.1 Å². The smallest absolute Gasteiger partial charge is 0.312 e. The van der Waals surface area contributed by atoms with E-state index in [0.717, 1.165) is 37.7 Å². The Morgan fingerprint density at radius 1 is 1.10 bits per heavy atom. The van der Waals surface area contributed by atoms with Crippen LogP contribution in [-0.2, 0) is 30.4 Å². The topological polar surface area (TPSA) is 96.4 Å². The van der Waals surface area contributed by atoms with E-state index in [4.69, 9.17) is 14.6 Å². The van der Waals surface area contributed by atoms with Crippen LogP contribution >= 0.6 is 0 Å². The van der Waals surface area contributed by atoms with E-state index in [1.54, 1.807) is 15.9 Å². The Morgan fingerprint density at radius 3 is 2.60 bits per heavy atom. The van der Waals surface area contributed by atoms with Crippen molar-refractivity contribution in [1.82, 2.24) is 9.80 Å². The number of aliphatic hydroxyl groups is 1. The van der Waals surface area contributed by atoms with Gasteiger partial charge in [0, 0.05) is 26.2 Å². The fourth-order valence-electron chi connectivity index (χ4n) is 6.71. The van der Waals surface area contributed by atoms with Gasteiger partial charge in [0.15, 0.2) is 0 Å². The van der Waals surface area contributed by atoms with E-state index in [9.17, 15) is 14.4 Å². The van der Waals surface area contributed by atoms with Crippen LogP contribution in [0.5, 0.6) is 0 Å². The van der Waals surface area contributed by atoms with Crippen molar-refractivity contribution in [3.8, 4) is 0 Å². The summed E-state index contributed by atoms with van der Waals surface area (Å²) < 4.78 is 12.2. The summed E-state index contributed by atoms with van der Waals surface area (Å²) in [5.41, 5.74) is -0.0480. The minimum Gasteiger partial charge on any atom is -0.465 e. The van der Waals surface area contributed by atoms with E-state index in [1.165, 1.54) is 0 Å². The molecule has 1 N–H and O–H groups in total. The third-order valence-electron chi connectivity index (χ3n) is 8.54. The number of aliphatic hydroxyl groups excluding tert-OH is 1. The highest BCUT2D eigenvalue weighted by molar-refractivity contribution is 5.98. The van der Waals surface area contributed by atoms with E-state index >= 15 is 0 Å². The van der Waals surface area contributed by atoms with Crippen molar-refractivity contribution in [3.05, 3.63) is 61.2 Å². The van der Waals surface area contributed by atoms with Gasteiger partial charge in [0.05, 0.1) is 24.5 Å². The highest BCUT2D eigenvalue weighted by Gasteiger charge is 2.75. The summed E-state index contributed by atoms with van der Waals surface area (Å²) in [4.78, 5) is 45.2. The van der Waals surface area contributed by atoms with Gasteiger partial charge in [-0.15, -0.1) is 13.2 Å². The Morgan fingerprint density at radius 2 is 1.88 bits per heavy atom. The van der Waals surface area contributed by atoms with Gasteiger partial charge < -0.3 is 24.4 Å². The number of carbonyl (C=O) groups excluding carboxylic acids is 3. The average Bonchev–Trinajstić information content (AvgIpc) is 3.60. The third-order valence-corrected chi connectivity index (χ3v) is 8.54. The molecule has 1 aromatic rings. The average molecular weight is 553 g/mol. The Labute approximate surface area is 238 Å². The zero-order chi connectivity index (χ0) is 28.5. The standard InChI is InChI=1S/C32H44N2O6/c1-3-5-6-14-22-39-31(38)26-25-17-18-32(40-25)27(26)29(36)34(20-12-7-8-13-21-35)28(32)30(37)33(19-4-2)23-24-15-10-9-11-16-24/h3-4,9-11,15-16,25-28,35H,1-2,5-8,12-14,17-23H2/t25-,26+,27-,28?,32?/m0/s1. The molecular weight excluding hydrogens is 508 g/mol. The maximum atomic E-state index is 14.4. The zero-order valence-electron chi connectivity index (χ0n) is 23.5. The molecule has 2 bridgehead atoms. The molecule has 3 aliphatic heterocycles. The number of allylic oxidation sites excluding steroid dienone is 1. The van der Waals surface area contributed by atoms with Gasteiger partial charge in [-0.1, -0.05) is 55.3 Å². The fraction of sp³-hybridized carbons (Fsp3) is 0.594. The summed E-state index contributed by atoms with van der Waals surface area (Å²) in [5, 5.41) is 9.14. The summed E-state index contributed by atoms with van der Waals surface area (Å²) in [7, 11) is 0. The van der Waals surface area contributed by atoms with Gasteiger partial charge in [0.1, 0.15) is 11.6 Å². The molecule has 3 heterocycles. The first-order chi connectivity index (χ1) is 19.5. The maximum Gasteiger partial charge on any atom is 0.312 e. The molecule has 5 atom stereocenters. The van der Waals surface area contributed by atoms with Crippen molar-refractivity contribution >= 4 is 17.8 Å². The number of nitrogens with zero attached hydrogens (tertiary/aromatic N) is 2. The number of amides is 2. The van der Waals surface area contributed by atoms with E-state index in [2.05, 4.69) is 13.2 Å². The molecule has 8 heteroatoms. The third kappa shape index (κ3) is 6.18. The van der Waals surface area contributed by atoms with Crippen LogP contribution in [0.2, 0.25) is 0 Å². The first kappa shape index (κ1) is 30.0. The van der Waals surface area contributed by atoms with Gasteiger partial charge in [0.25, 0.3) is 0 Å². The number of fused-ring (bicyclic) bond motifs is 1. The SMILES string of the molecule is C=CCCCCOC(=O)[C@@H]1[C@@H]2CCC3(O2)C(C(=O)N(CC=C)Cc2ccccc2)N(CCCCCCO)C(=O)[C@H]13. The highest BCUT2D eigenvalue weighted by atomic mass is 16.6. The second-order valence-corrected chi connectivity index (χ2v) is 11.2. The number of hydrogen-bond donors (Lipinski definition) is 1. The summed E-state index contributed by atoms with van der Waals surface area (Å²) in [5.74, 6) is -2.17. The van der Waals surface area contributed by atoms with Crippen LogP contribution in [0.1, 0.15) is 63.4 Å². The largest absolute Gasteiger partial charge is 0.465 e. The number of benzene rings is 1. The van der Waals surface area contributed by atoms with E-state index < -0.39 is 35.6 Å². The molecule has 8 nitrogen and oxygen atoms in total. The minimum absolute atomic E-state index is 0.136. The summed E-state index contributed by atoms with van der Waals surface area (Å²) in [6.45, 7) is 9.15. The first-order valence-corrected chi connectivity index (χ1v) is 14.8. The number of esters is 1. The molecule has 1 aromatic carbocycles. The lowest BCUT2D eigenvalue weighted by Gasteiger charge is -2.37. The monoisotopic (exact) mass is 552 g/mol. The highest BCUT2D eigenvalue weighted by Crippen LogP contribution is 2.58. The van der Waals surface area contributed by atoms with Gasteiger partial charge in [-0.25, -0.2) is 0 Å². The number of carbonyl (C=O) groups is 3. The predicted octanol–water partition coefficient (Wildman–Crippen LogP) is 4.03. The second kappa shape index (κ2) is 14.1. The van der Waals surface area contributed by atoms with Crippen molar-refractivity contribution in [3.63, 3.8) is 0 Å². The van der Waals surface area contributed by atoms with Crippen LogP contribution in [0, 0.1) is 11.8 Å². The molecule has 3 saturated heterocycles. The molecule has 0 saturated carbocycles. The summed E-state index contributed by atoms with van der Waals surface area (Å²) >= 11 is 0. The van der Waals surface area contributed by atoms with Gasteiger partial charge in [-0.2, -0.15) is 0 Å². The van der Waals surface area contributed by atoms with Gasteiger partial charge in [-0.3, -0.25) is 14.4 Å². The molecule has 3 aliphatic rings. The number of rotatable bonds is 17. The van der Waals surface area contributed by atoms with E-state index in [-0.39, 0.29) is 18.4 Å². The normalized spacial score (nSPS) is 26.5. The number of unbranched alkanes of at least 4 members (excludes halogenated alkanes) is 5. The molecule has 0 radical (unpaired) electrons. The quantitative estimate of drug-likeness (QED) is 0.178. The van der Waals surface area contributed by atoms with E-state index in [0.29, 0.717) is 51.9 Å². The molecule has 4 rings (SSSR count). The predicted molar refractivity (Wildman–Crippen MR) is 152 cm³/mol. The lowest BCUT2D eigenvalue weighted by Crippen LogP contribution is -2.56. The second-order valence-electron chi connectivity index (χ2n) is 11.2. The molecule has 2 unspecified atom stereocenters. The van der Waals surface area contributed by atoms with E-state index in [1.807, 2.05) is 36.4 Å². The van der Waals surface area contributed by atoms with Gasteiger partial charge in [-0.05, 0) is 50.5 Å². The summed E-state index contributed by atoms with van der Waals surface area (Å²) in [6, 6.07) is 8.96. The van der Waals surface area contributed by atoms with Crippen LogP contribution < -0.4 is 0 Å². The number of ether oxygens (including phenoxy) is 2. The Bertz CT molecular complexity index is 1050. The van der Waals surface area contributed by atoms with Crippen LogP contribution in [0.3, 0.4) is 0 Å².